The van der Waals surface area contributed by atoms with Crippen molar-refractivity contribution in [2.24, 2.45) is 0 Å². The molecule has 63 heavy (non-hydrogen) atoms. The average Bonchev–Trinajstić information content (AvgIpc) is 4.01. The lowest BCUT2D eigenvalue weighted by Crippen LogP contribution is -2.03. The Morgan fingerprint density at radius 3 is 1.63 bits per heavy atom. The fourth-order valence-electron chi connectivity index (χ4n) is 9.17. The molecule has 0 aliphatic carbocycles. The molecule has 0 fully saturated rings. The Kier molecular flexibility index (Phi) is 7.74. The highest BCUT2D eigenvalue weighted by Gasteiger charge is 2.20. The number of fused-ring (bicyclic) bond motifs is 9. The second kappa shape index (κ2) is 13.9. The first-order valence-corrected chi connectivity index (χ1v) is 20.9. The van der Waals surface area contributed by atoms with Gasteiger partial charge in [0.25, 0.3) is 0 Å². The maximum Gasteiger partial charge on any atom is 0.235 e. The maximum absolute atomic E-state index is 6.01. The van der Waals surface area contributed by atoms with E-state index in [1.807, 2.05) is 73.1 Å². The normalized spacial score (nSPS) is 11.8. The highest BCUT2D eigenvalue weighted by atomic mass is 16.3. The summed E-state index contributed by atoms with van der Waals surface area (Å²) in [6, 6.07) is 63.2. The SMILES string of the molecule is c1ccc(-c2cc(-c3ccccc3)nc(-n3c4ccccc4c4cc(-c5ccc6c(c5)c5ccccc5n6-c5cncc(-c6ccc7oc8cccnc8c7n6)c5)ccc43)n2)cc1. The summed E-state index contributed by atoms with van der Waals surface area (Å²) >= 11 is 0. The van der Waals surface area contributed by atoms with Crippen molar-refractivity contribution in [3.63, 3.8) is 0 Å². The Labute approximate surface area is 360 Å². The summed E-state index contributed by atoms with van der Waals surface area (Å²) in [6.45, 7) is 0. The molecule has 7 aromatic heterocycles. The summed E-state index contributed by atoms with van der Waals surface area (Å²) in [5, 5.41) is 4.60. The largest absolute Gasteiger partial charge is 0.453 e. The second-order valence-corrected chi connectivity index (χ2v) is 15.8. The predicted molar refractivity (Wildman–Crippen MR) is 253 cm³/mol. The van der Waals surface area contributed by atoms with Gasteiger partial charge in [0.15, 0.2) is 11.2 Å². The zero-order valence-corrected chi connectivity index (χ0v) is 33.6. The van der Waals surface area contributed by atoms with E-state index >= 15 is 0 Å². The molecule has 0 radical (unpaired) electrons. The van der Waals surface area contributed by atoms with E-state index < -0.39 is 0 Å². The van der Waals surface area contributed by atoms with E-state index in [1.165, 1.54) is 0 Å². The Morgan fingerprint density at radius 1 is 0.365 bits per heavy atom. The predicted octanol–water partition coefficient (Wildman–Crippen LogP) is 13.4. The highest BCUT2D eigenvalue weighted by Crippen LogP contribution is 2.39. The van der Waals surface area contributed by atoms with Crippen LogP contribution in [0.4, 0.5) is 0 Å². The van der Waals surface area contributed by atoms with Crippen molar-refractivity contribution in [3.8, 4) is 56.5 Å². The molecule has 0 amide bonds. The van der Waals surface area contributed by atoms with Crippen molar-refractivity contribution < 1.29 is 4.42 Å². The molecule has 0 N–H and O–H groups in total. The van der Waals surface area contributed by atoms with Crippen LogP contribution in [0, 0.1) is 0 Å². The first-order valence-electron chi connectivity index (χ1n) is 20.9. The minimum atomic E-state index is 0.630. The molecular weight excluding hydrogens is 775 g/mol. The molecule has 7 heterocycles. The van der Waals surface area contributed by atoms with Gasteiger partial charge in [-0.05, 0) is 83.9 Å². The number of benzene rings is 6. The van der Waals surface area contributed by atoms with Crippen LogP contribution >= 0.6 is 0 Å². The number of nitrogens with zero attached hydrogens (tertiary/aromatic N) is 7. The summed E-state index contributed by atoms with van der Waals surface area (Å²) in [6.07, 6.45) is 5.55. The third-order valence-corrected chi connectivity index (χ3v) is 12.1. The molecule has 13 rings (SSSR count). The summed E-state index contributed by atoms with van der Waals surface area (Å²) in [4.78, 5) is 24.7. The summed E-state index contributed by atoms with van der Waals surface area (Å²) in [5.41, 5.74) is 15.9. The Morgan fingerprint density at radius 2 is 0.952 bits per heavy atom. The van der Waals surface area contributed by atoms with Crippen molar-refractivity contribution in [3.05, 3.63) is 201 Å². The summed E-state index contributed by atoms with van der Waals surface area (Å²) < 4.78 is 10.5. The molecule has 0 aliphatic rings. The van der Waals surface area contributed by atoms with E-state index in [0.29, 0.717) is 11.5 Å². The van der Waals surface area contributed by atoms with Crippen molar-refractivity contribution in [2.75, 3.05) is 0 Å². The van der Waals surface area contributed by atoms with Gasteiger partial charge in [0.05, 0.1) is 51.0 Å². The van der Waals surface area contributed by atoms with Gasteiger partial charge in [0.2, 0.25) is 5.95 Å². The van der Waals surface area contributed by atoms with Crippen LogP contribution in [0.1, 0.15) is 0 Å². The molecule has 0 unspecified atom stereocenters. The van der Waals surface area contributed by atoms with Gasteiger partial charge >= 0.3 is 0 Å². The highest BCUT2D eigenvalue weighted by molar-refractivity contribution is 6.12. The van der Waals surface area contributed by atoms with Crippen LogP contribution in [-0.4, -0.2) is 34.1 Å². The van der Waals surface area contributed by atoms with Gasteiger partial charge in [-0.15, -0.1) is 0 Å². The average molecular weight is 808 g/mol. The van der Waals surface area contributed by atoms with E-state index in [9.17, 15) is 0 Å². The lowest BCUT2D eigenvalue weighted by Gasteiger charge is -2.12. The van der Waals surface area contributed by atoms with Crippen molar-refractivity contribution in [1.29, 1.82) is 0 Å². The third kappa shape index (κ3) is 5.66. The molecule has 13 aromatic rings. The van der Waals surface area contributed by atoms with Gasteiger partial charge in [-0.1, -0.05) is 109 Å². The van der Waals surface area contributed by atoms with Crippen LogP contribution < -0.4 is 0 Å². The van der Waals surface area contributed by atoms with Gasteiger partial charge in [-0.3, -0.25) is 14.5 Å². The molecule has 0 saturated heterocycles. The van der Waals surface area contributed by atoms with Gasteiger partial charge < -0.3 is 8.98 Å². The number of furan rings is 1. The smallest absolute Gasteiger partial charge is 0.235 e. The monoisotopic (exact) mass is 807 g/mol. The number of hydrogen-bond donors (Lipinski definition) is 0. The summed E-state index contributed by atoms with van der Waals surface area (Å²) in [5.74, 6) is 0.630. The minimum Gasteiger partial charge on any atom is -0.453 e. The lowest BCUT2D eigenvalue weighted by atomic mass is 10.0. The van der Waals surface area contributed by atoms with E-state index in [2.05, 4.69) is 135 Å². The van der Waals surface area contributed by atoms with Gasteiger partial charge in [-0.2, -0.15) is 0 Å². The maximum atomic E-state index is 6.01. The zero-order chi connectivity index (χ0) is 41.4. The lowest BCUT2D eigenvalue weighted by molar-refractivity contribution is 0.667. The van der Waals surface area contributed by atoms with Crippen LogP contribution in [0.3, 0.4) is 0 Å². The molecule has 8 heteroatoms. The molecular formula is C55H33N7O. The molecule has 0 aliphatic heterocycles. The van der Waals surface area contributed by atoms with Gasteiger partial charge in [0.1, 0.15) is 11.0 Å². The van der Waals surface area contributed by atoms with E-state index in [4.69, 9.17) is 24.4 Å². The molecule has 8 nitrogen and oxygen atoms in total. The van der Waals surface area contributed by atoms with Crippen LogP contribution in [-0.2, 0) is 0 Å². The second-order valence-electron chi connectivity index (χ2n) is 15.8. The van der Waals surface area contributed by atoms with Crippen LogP contribution in [0.25, 0.3) is 122 Å². The Balaban J connectivity index is 0.938. The quantitative estimate of drug-likeness (QED) is 0.166. The number of para-hydroxylation sites is 2. The van der Waals surface area contributed by atoms with Crippen molar-refractivity contribution >= 4 is 65.8 Å². The van der Waals surface area contributed by atoms with E-state index in [-0.39, 0.29) is 0 Å². The molecule has 294 valence electrons. The fourth-order valence-corrected chi connectivity index (χ4v) is 9.17. The fraction of sp³-hybridized carbons (Fsp3) is 0. The Hall–Kier alpha value is -8.75. The third-order valence-electron chi connectivity index (χ3n) is 12.1. The number of rotatable bonds is 6. The first kappa shape index (κ1) is 35.0. The Bertz CT molecular complexity index is 3870. The molecule has 0 atom stereocenters. The van der Waals surface area contributed by atoms with Crippen LogP contribution in [0.5, 0.6) is 0 Å². The molecule has 0 spiro atoms. The minimum absolute atomic E-state index is 0.630. The topological polar surface area (TPSA) is 87.5 Å². The van der Waals surface area contributed by atoms with Gasteiger partial charge in [-0.25, -0.2) is 15.0 Å². The molecule has 0 bridgehead atoms. The van der Waals surface area contributed by atoms with E-state index in [1.54, 1.807) is 6.20 Å². The van der Waals surface area contributed by atoms with Crippen LogP contribution in [0.2, 0.25) is 0 Å². The van der Waals surface area contributed by atoms with Crippen molar-refractivity contribution in [1.82, 2.24) is 34.1 Å². The number of hydrogen-bond acceptors (Lipinski definition) is 6. The number of pyridine rings is 3. The number of aromatic nitrogens is 7. The van der Waals surface area contributed by atoms with Gasteiger partial charge in [0, 0.05) is 50.6 Å². The molecule has 0 saturated carbocycles. The van der Waals surface area contributed by atoms with Crippen LogP contribution in [0.15, 0.2) is 205 Å². The first-order chi connectivity index (χ1) is 31.2. The van der Waals surface area contributed by atoms with Crippen molar-refractivity contribution in [2.45, 2.75) is 0 Å². The van der Waals surface area contributed by atoms with E-state index in [0.717, 1.165) is 111 Å². The standard InChI is InChI=1S/C55H33N7O/c1-3-12-34(13-4-1)45-31-46(35-14-5-2-6-15-35)60-55(59-45)62-48-19-10-8-17-41(48)43-30-37(22-25-50(43)62)36-21-24-49-42(29-36)40-16-7-9-18-47(40)61(49)39-28-38(32-56-33-39)44-23-26-52-54(58-44)53-51(63-52)20-11-27-57-53/h1-33H. The summed E-state index contributed by atoms with van der Waals surface area (Å²) in [7, 11) is 0. The molecule has 6 aromatic carbocycles. The zero-order valence-electron chi connectivity index (χ0n) is 33.6.